The van der Waals surface area contributed by atoms with Gasteiger partial charge in [-0.25, -0.2) is 4.98 Å². The predicted molar refractivity (Wildman–Crippen MR) is 33.0 cm³/mol. The summed E-state index contributed by atoms with van der Waals surface area (Å²) in [4.78, 5) is 13.8. The fourth-order valence-corrected chi connectivity index (χ4v) is 0.455. The van der Waals surface area contributed by atoms with Crippen LogP contribution >= 0.6 is 0 Å². The molecule has 1 rings (SSSR count). The van der Waals surface area contributed by atoms with E-state index in [0.717, 1.165) is 0 Å². The lowest BCUT2D eigenvalue weighted by Crippen LogP contribution is -2.10. The highest BCUT2D eigenvalue weighted by molar-refractivity contribution is 5.87. The summed E-state index contributed by atoms with van der Waals surface area (Å²) in [6, 6.07) is 0. The van der Waals surface area contributed by atoms with Gasteiger partial charge in [-0.3, -0.25) is 4.79 Å². The number of primary amides is 1. The summed E-state index contributed by atoms with van der Waals surface area (Å²) in [5.74, 6) is 1.49. The largest absolute Gasteiger partial charge is 0.424 e. The molecule has 50 valence electrons. The number of hydrogen-bond acceptors (Lipinski definition) is 3. The first-order valence-corrected chi connectivity index (χ1v) is 2.46. The molecule has 0 bridgehead atoms. The molecule has 10 heavy (non-hydrogen) atoms. The van der Waals surface area contributed by atoms with Gasteiger partial charge in [0.25, 0.3) is 5.89 Å². The van der Waals surface area contributed by atoms with E-state index in [2.05, 4.69) is 15.3 Å². The second-order valence-electron chi connectivity index (χ2n) is 1.54. The van der Waals surface area contributed by atoms with E-state index < -0.39 is 5.91 Å². The van der Waals surface area contributed by atoms with Crippen molar-refractivity contribution in [2.75, 3.05) is 0 Å². The Balaban J connectivity index is 3.02. The van der Waals surface area contributed by atoms with E-state index in [-0.39, 0.29) is 11.7 Å². The van der Waals surface area contributed by atoms with Gasteiger partial charge >= 0.3 is 5.91 Å². The first kappa shape index (κ1) is 6.36. The molecule has 0 atom stereocenters. The third-order valence-corrected chi connectivity index (χ3v) is 0.859. The van der Waals surface area contributed by atoms with Crippen molar-refractivity contribution in [1.29, 1.82) is 0 Å². The van der Waals surface area contributed by atoms with Gasteiger partial charge in [0, 0.05) is 0 Å². The van der Waals surface area contributed by atoms with E-state index in [0.29, 0.717) is 0 Å². The molecule has 0 unspecified atom stereocenters. The Kier molecular flexibility index (Phi) is 1.42. The van der Waals surface area contributed by atoms with Crippen LogP contribution in [0.3, 0.4) is 0 Å². The molecule has 1 amide bonds. The van der Waals surface area contributed by atoms with Crippen molar-refractivity contribution in [2.45, 2.75) is 0 Å². The lowest BCUT2D eigenvalue weighted by molar-refractivity contribution is 0.0967. The van der Waals surface area contributed by atoms with Crippen LogP contribution in [0.5, 0.6) is 0 Å². The van der Waals surface area contributed by atoms with Crippen LogP contribution < -0.4 is 5.73 Å². The van der Waals surface area contributed by atoms with E-state index in [9.17, 15) is 4.79 Å². The van der Waals surface area contributed by atoms with Crippen molar-refractivity contribution in [3.8, 4) is 12.3 Å². The Morgan fingerprint density at radius 2 is 2.60 bits per heavy atom. The van der Waals surface area contributed by atoms with E-state index >= 15 is 0 Å². The minimum absolute atomic E-state index is 0.159. The Hall–Kier alpha value is -1.76. The first-order valence-electron chi connectivity index (χ1n) is 2.46. The third kappa shape index (κ3) is 0.977. The standard InChI is InChI=1S/C6H4N2O2/c1-2-4-3-8-6(10-4)5(7)9/h1,3H,(H2,7,9). The molecule has 0 fully saturated rings. The van der Waals surface area contributed by atoms with Crippen LogP contribution in [-0.4, -0.2) is 10.9 Å². The number of nitrogens with zero attached hydrogens (tertiary/aromatic N) is 1. The molecule has 0 spiro atoms. The van der Waals surface area contributed by atoms with Crippen molar-refractivity contribution in [2.24, 2.45) is 5.73 Å². The SMILES string of the molecule is C#Cc1cnc(C(N)=O)o1. The minimum atomic E-state index is -0.721. The Labute approximate surface area is 57.0 Å². The van der Waals surface area contributed by atoms with Crippen molar-refractivity contribution in [3.63, 3.8) is 0 Å². The van der Waals surface area contributed by atoms with Crippen LogP contribution in [0.25, 0.3) is 0 Å². The summed E-state index contributed by atoms with van der Waals surface area (Å²) in [6.07, 6.45) is 6.19. The molecule has 2 N–H and O–H groups in total. The Morgan fingerprint density at radius 3 is 2.90 bits per heavy atom. The molecular weight excluding hydrogens is 132 g/mol. The van der Waals surface area contributed by atoms with Crippen molar-refractivity contribution < 1.29 is 9.21 Å². The molecule has 0 aliphatic heterocycles. The molecule has 0 radical (unpaired) electrons. The van der Waals surface area contributed by atoms with Gasteiger partial charge in [-0.15, -0.1) is 6.42 Å². The van der Waals surface area contributed by atoms with Gasteiger partial charge in [-0.2, -0.15) is 0 Å². The van der Waals surface area contributed by atoms with Gasteiger partial charge in [0.1, 0.15) is 0 Å². The van der Waals surface area contributed by atoms with Crippen LogP contribution in [0, 0.1) is 12.3 Å². The molecule has 0 aromatic carbocycles. The van der Waals surface area contributed by atoms with Gasteiger partial charge in [0.05, 0.1) is 6.20 Å². The van der Waals surface area contributed by atoms with Gasteiger partial charge in [-0.05, 0) is 5.92 Å². The highest BCUT2D eigenvalue weighted by Gasteiger charge is 2.06. The van der Waals surface area contributed by atoms with Crippen molar-refractivity contribution >= 4 is 5.91 Å². The fraction of sp³-hybridized carbons (Fsp3) is 0. The first-order chi connectivity index (χ1) is 4.74. The number of amides is 1. The molecular formula is C6H4N2O2. The smallest absolute Gasteiger partial charge is 0.304 e. The van der Waals surface area contributed by atoms with Crippen molar-refractivity contribution in [1.82, 2.24) is 4.98 Å². The Morgan fingerprint density at radius 1 is 1.90 bits per heavy atom. The summed E-state index contributed by atoms with van der Waals surface area (Å²) in [7, 11) is 0. The highest BCUT2D eigenvalue weighted by Crippen LogP contribution is 1.99. The molecule has 4 heteroatoms. The number of aromatic nitrogens is 1. The quantitative estimate of drug-likeness (QED) is 0.541. The number of oxazole rings is 1. The van der Waals surface area contributed by atoms with Gasteiger partial charge in [0.2, 0.25) is 0 Å². The zero-order valence-corrected chi connectivity index (χ0v) is 5.00. The van der Waals surface area contributed by atoms with Crippen LogP contribution in [0.2, 0.25) is 0 Å². The summed E-state index contributed by atoms with van der Waals surface area (Å²) in [5.41, 5.74) is 4.82. The van der Waals surface area contributed by atoms with Gasteiger partial charge in [-0.1, -0.05) is 0 Å². The molecule has 4 nitrogen and oxygen atoms in total. The van der Waals surface area contributed by atoms with Crippen molar-refractivity contribution in [3.05, 3.63) is 17.8 Å². The van der Waals surface area contributed by atoms with Crippen LogP contribution in [0.1, 0.15) is 16.4 Å². The number of nitrogens with two attached hydrogens (primary N) is 1. The monoisotopic (exact) mass is 136 g/mol. The predicted octanol–water partition coefficient (Wildman–Crippen LogP) is -0.245. The summed E-state index contributed by atoms with van der Waals surface area (Å²) >= 11 is 0. The fourth-order valence-electron chi connectivity index (χ4n) is 0.455. The van der Waals surface area contributed by atoms with E-state index in [1.807, 2.05) is 0 Å². The lowest BCUT2D eigenvalue weighted by atomic mass is 10.6. The van der Waals surface area contributed by atoms with Gasteiger partial charge < -0.3 is 10.2 Å². The Bertz CT molecular complexity index is 295. The highest BCUT2D eigenvalue weighted by atomic mass is 16.4. The maximum Gasteiger partial charge on any atom is 0.304 e. The normalized spacial score (nSPS) is 8.70. The molecule has 0 saturated heterocycles. The molecule has 1 aromatic heterocycles. The third-order valence-electron chi connectivity index (χ3n) is 0.859. The van der Waals surface area contributed by atoms with E-state index in [4.69, 9.17) is 12.2 Å². The topological polar surface area (TPSA) is 69.1 Å². The summed E-state index contributed by atoms with van der Waals surface area (Å²) in [6.45, 7) is 0. The van der Waals surface area contributed by atoms with Crippen LogP contribution in [0.4, 0.5) is 0 Å². The summed E-state index contributed by atoms with van der Waals surface area (Å²) in [5, 5.41) is 0. The average molecular weight is 136 g/mol. The second kappa shape index (κ2) is 2.23. The molecule has 0 saturated carbocycles. The number of carbonyl (C=O) groups is 1. The number of terminal acetylenes is 1. The van der Waals surface area contributed by atoms with Crippen LogP contribution in [-0.2, 0) is 0 Å². The van der Waals surface area contributed by atoms with Gasteiger partial charge in [0.15, 0.2) is 5.76 Å². The maximum absolute atomic E-state index is 10.3. The zero-order valence-electron chi connectivity index (χ0n) is 5.00. The van der Waals surface area contributed by atoms with E-state index in [1.54, 1.807) is 0 Å². The average Bonchev–Trinajstić information content (AvgIpc) is 2.34. The van der Waals surface area contributed by atoms with Crippen LogP contribution in [0.15, 0.2) is 10.6 Å². The molecule has 1 heterocycles. The maximum atomic E-state index is 10.3. The summed E-state index contributed by atoms with van der Waals surface area (Å²) < 4.78 is 4.67. The zero-order chi connectivity index (χ0) is 7.56. The second-order valence-corrected chi connectivity index (χ2v) is 1.54. The number of carbonyl (C=O) groups excluding carboxylic acids is 1. The number of rotatable bonds is 1. The molecule has 0 aliphatic rings. The minimum Gasteiger partial charge on any atom is -0.424 e. The van der Waals surface area contributed by atoms with E-state index in [1.165, 1.54) is 6.20 Å². The molecule has 0 aliphatic carbocycles. The molecule has 1 aromatic rings. The number of hydrogen-bond donors (Lipinski definition) is 1. The lowest BCUT2D eigenvalue weighted by Gasteiger charge is -1.80.